The van der Waals surface area contributed by atoms with E-state index in [9.17, 15) is 9.36 Å². The second kappa shape index (κ2) is 11.8. The van der Waals surface area contributed by atoms with Crippen LogP contribution in [0.4, 0.5) is 0 Å². The maximum Gasteiger partial charge on any atom is 0.475 e. The van der Waals surface area contributed by atoms with Gasteiger partial charge < -0.3 is 19.9 Å². The van der Waals surface area contributed by atoms with Crippen LogP contribution in [0.25, 0.3) is 0 Å². The summed E-state index contributed by atoms with van der Waals surface area (Å²) in [5.41, 5.74) is 7.20. The van der Waals surface area contributed by atoms with Gasteiger partial charge in [-0.15, -0.1) is 0 Å². The van der Waals surface area contributed by atoms with E-state index in [4.69, 9.17) is 33.5 Å². The van der Waals surface area contributed by atoms with Crippen molar-refractivity contribution in [3.8, 4) is 0 Å². The van der Waals surface area contributed by atoms with Crippen molar-refractivity contribution in [3.63, 3.8) is 0 Å². The number of fused-ring (bicyclic) bond motifs is 1. The first kappa shape index (κ1) is 28.4. The third-order valence-corrected chi connectivity index (χ3v) is 8.65. The number of amides is 1. The van der Waals surface area contributed by atoms with Crippen LogP contribution >= 0.6 is 30.4 Å². The zero-order chi connectivity index (χ0) is 27.6. The number of halogens is 1. The smallest absolute Gasteiger partial charge is 0.364 e. The van der Waals surface area contributed by atoms with Gasteiger partial charge >= 0.3 is 7.82 Å². The third-order valence-electron chi connectivity index (χ3n) is 6.23. The number of hydrogen-bond donors (Lipinski definition) is 1. The molecule has 2 N–H and O–H groups in total. The summed E-state index contributed by atoms with van der Waals surface area (Å²) >= 11 is 1.99. The molecule has 11 nitrogen and oxygen atoms in total. The third kappa shape index (κ3) is 6.60. The summed E-state index contributed by atoms with van der Waals surface area (Å²) in [6.45, 7) is 3.49. The van der Waals surface area contributed by atoms with Gasteiger partial charge in [-0.05, 0) is 47.6 Å². The molecule has 2 fully saturated rings. The number of carbonyl (C=O) groups is 1. The lowest BCUT2D eigenvalue weighted by molar-refractivity contribution is -0.200. The topological polar surface area (TPSA) is 133 Å². The van der Waals surface area contributed by atoms with Gasteiger partial charge in [-0.2, -0.15) is 0 Å². The van der Waals surface area contributed by atoms with E-state index in [1.807, 2.05) is 83.3 Å². The molecular formula is C26H29IN3O8P. The van der Waals surface area contributed by atoms with Crippen LogP contribution in [0, 0.1) is 3.70 Å². The monoisotopic (exact) mass is 669 g/mol. The van der Waals surface area contributed by atoms with Crippen molar-refractivity contribution in [1.82, 2.24) is 9.55 Å². The number of ether oxygens (including phenoxy) is 3. The molecule has 208 valence electrons. The predicted octanol–water partition coefficient (Wildman–Crippen LogP) is 4.56. The zero-order valence-electron chi connectivity index (χ0n) is 21.3. The molecule has 3 aromatic rings. The Morgan fingerprint density at radius 1 is 1.00 bits per heavy atom. The average molecular weight is 669 g/mol. The van der Waals surface area contributed by atoms with Crippen molar-refractivity contribution in [2.45, 2.75) is 57.4 Å². The molecule has 0 unspecified atom stereocenters. The van der Waals surface area contributed by atoms with Gasteiger partial charge in [-0.25, -0.2) is 9.55 Å². The standard InChI is InChI=1S/C26H29IN3O8P/c1-26(2)37-21-19(36-25(22(21)38-26)30-16-29-20(23(30)27)24(28)31)15-35-39(32,33-13-17-9-5-3-6-10-17)34-14-18-11-7-4-8-12-18/h3-12,16,19,21-22,25H,13-15H2,1-2H3,(H2,28,31)/t19-,21-,22-,25-/m1/s1. The minimum Gasteiger partial charge on any atom is -0.364 e. The first-order valence-electron chi connectivity index (χ1n) is 12.3. The molecule has 2 aliphatic rings. The van der Waals surface area contributed by atoms with E-state index in [1.165, 1.54) is 6.33 Å². The summed E-state index contributed by atoms with van der Waals surface area (Å²) in [6.07, 6.45) is -1.01. The van der Waals surface area contributed by atoms with E-state index >= 15 is 0 Å². The number of rotatable bonds is 11. The Hall–Kier alpha value is -2.16. The van der Waals surface area contributed by atoms with Gasteiger partial charge in [-0.3, -0.25) is 22.9 Å². The molecule has 3 heterocycles. The van der Waals surface area contributed by atoms with E-state index in [0.29, 0.717) is 3.70 Å². The van der Waals surface area contributed by atoms with Gasteiger partial charge in [0.05, 0.1) is 26.1 Å². The Morgan fingerprint density at radius 2 is 1.56 bits per heavy atom. The second-order valence-electron chi connectivity index (χ2n) is 9.55. The second-order valence-corrected chi connectivity index (χ2v) is 12.2. The molecule has 2 aliphatic heterocycles. The van der Waals surface area contributed by atoms with Crippen LogP contribution in [-0.4, -0.2) is 46.2 Å². The van der Waals surface area contributed by atoms with Gasteiger partial charge in [0, 0.05) is 0 Å². The van der Waals surface area contributed by atoms with Crippen molar-refractivity contribution < 1.29 is 37.1 Å². The quantitative estimate of drug-likeness (QED) is 0.231. The lowest BCUT2D eigenvalue weighted by Gasteiger charge is -2.26. The minimum absolute atomic E-state index is 0.0306. The summed E-state index contributed by atoms with van der Waals surface area (Å²) < 4.78 is 51.7. The summed E-state index contributed by atoms with van der Waals surface area (Å²) in [6, 6.07) is 18.6. The fourth-order valence-electron chi connectivity index (χ4n) is 4.44. The number of primary amides is 1. The molecule has 1 amide bonds. The number of nitrogens with two attached hydrogens (primary N) is 1. The maximum atomic E-state index is 13.8. The lowest BCUT2D eigenvalue weighted by Crippen LogP contribution is -2.32. The van der Waals surface area contributed by atoms with E-state index in [0.717, 1.165) is 11.1 Å². The number of phosphoric ester groups is 1. The number of aromatic nitrogens is 2. The zero-order valence-corrected chi connectivity index (χ0v) is 24.4. The van der Waals surface area contributed by atoms with Gasteiger partial charge in [0.2, 0.25) is 0 Å². The van der Waals surface area contributed by atoms with Crippen molar-refractivity contribution in [2.24, 2.45) is 5.73 Å². The highest BCUT2D eigenvalue weighted by Gasteiger charge is 2.56. The highest BCUT2D eigenvalue weighted by molar-refractivity contribution is 14.1. The SMILES string of the molecule is CC1(C)O[C@@H]2[C@H](O1)[C@@H](COP(=O)(OCc1ccccc1)OCc1ccccc1)O[C@H]2n1cnc(C(N)=O)c1I. The minimum atomic E-state index is -4.04. The van der Waals surface area contributed by atoms with Crippen LogP contribution in [0.5, 0.6) is 0 Å². The van der Waals surface area contributed by atoms with Crippen molar-refractivity contribution in [3.05, 3.63) is 87.5 Å². The number of carbonyl (C=O) groups excluding carboxylic acids is 1. The fourth-order valence-corrected chi connectivity index (χ4v) is 6.41. The van der Waals surface area contributed by atoms with E-state index < -0.39 is 44.1 Å². The van der Waals surface area contributed by atoms with Gasteiger partial charge in [0.1, 0.15) is 22.0 Å². The Bertz CT molecular complexity index is 1290. The number of nitrogens with zero attached hydrogens (tertiary/aromatic N) is 2. The van der Waals surface area contributed by atoms with Crippen LogP contribution in [0.2, 0.25) is 0 Å². The normalized spacial score (nSPS) is 24.1. The highest BCUT2D eigenvalue weighted by atomic mass is 127. The molecular weight excluding hydrogens is 640 g/mol. The highest BCUT2D eigenvalue weighted by Crippen LogP contribution is 2.52. The van der Waals surface area contributed by atoms with Gasteiger partial charge in [-0.1, -0.05) is 60.7 Å². The van der Waals surface area contributed by atoms with Gasteiger partial charge in [0.15, 0.2) is 17.7 Å². The van der Waals surface area contributed by atoms with Crippen LogP contribution in [0.3, 0.4) is 0 Å². The Kier molecular flexibility index (Phi) is 8.55. The fraction of sp³-hybridized carbons (Fsp3) is 0.385. The first-order valence-corrected chi connectivity index (χ1v) is 14.8. The van der Waals surface area contributed by atoms with Crippen molar-refractivity contribution >= 4 is 36.3 Å². The summed E-state index contributed by atoms with van der Waals surface area (Å²) in [5, 5.41) is 0. The summed E-state index contributed by atoms with van der Waals surface area (Å²) in [4.78, 5) is 15.9. The van der Waals surface area contributed by atoms with Crippen LogP contribution in [0.1, 0.15) is 41.7 Å². The molecule has 2 aromatic carbocycles. The summed E-state index contributed by atoms with van der Waals surface area (Å²) in [7, 11) is -4.04. The average Bonchev–Trinajstić information content (AvgIpc) is 3.56. The molecule has 5 rings (SSSR count). The Morgan fingerprint density at radius 3 is 2.10 bits per heavy atom. The molecule has 4 atom stereocenters. The molecule has 0 spiro atoms. The van der Waals surface area contributed by atoms with Gasteiger partial charge in [0.25, 0.3) is 5.91 Å². The number of hydrogen-bond acceptors (Lipinski definition) is 9. The predicted molar refractivity (Wildman–Crippen MR) is 147 cm³/mol. The summed E-state index contributed by atoms with van der Waals surface area (Å²) in [5.74, 6) is -1.55. The molecule has 39 heavy (non-hydrogen) atoms. The van der Waals surface area contributed by atoms with Crippen molar-refractivity contribution in [1.29, 1.82) is 0 Å². The van der Waals surface area contributed by atoms with Crippen LogP contribution in [0.15, 0.2) is 67.0 Å². The van der Waals surface area contributed by atoms with E-state index in [2.05, 4.69) is 4.98 Å². The Balaban J connectivity index is 1.33. The number of phosphoric acid groups is 1. The largest absolute Gasteiger partial charge is 0.475 e. The molecule has 1 aromatic heterocycles. The maximum absolute atomic E-state index is 13.8. The van der Waals surface area contributed by atoms with Crippen LogP contribution in [-0.2, 0) is 45.6 Å². The number of imidazole rings is 1. The molecule has 0 bridgehead atoms. The van der Waals surface area contributed by atoms with Crippen LogP contribution < -0.4 is 5.73 Å². The van der Waals surface area contributed by atoms with E-state index in [-0.39, 0.29) is 25.5 Å². The molecule has 0 saturated carbocycles. The van der Waals surface area contributed by atoms with Crippen molar-refractivity contribution in [2.75, 3.05) is 6.61 Å². The number of benzene rings is 2. The van der Waals surface area contributed by atoms with E-state index in [1.54, 1.807) is 18.4 Å². The molecule has 0 radical (unpaired) electrons. The molecule has 13 heteroatoms. The Labute approximate surface area is 239 Å². The molecule has 0 aliphatic carbocycles. The first-order chi connectivity index (χ1) is 18.6. The molecule has 2 saturated heterocycles. The lowest BCUT2D eigenvalue weighted by atomic mass is 10.1.